The Bertz CT molecular complexity index is 1410. The van der Waals surface area contributed by atoms with E-state index in [-0.39, 0.29) is 119 Å². The Hall–Kier alpha value is -4.45. The maximum absolute atomic E-state index is 12.3. The molecule has 0 aliphatic rings. The third-order valence-electron chi connectivity index (χ3n) is 9.66. The number of aromatic carboxylic acids is 1. The molecule has 1 rings (SSSR count). The van der Waals surface area contributed by atoms with Crippen LogP contribution in [0.2, 0.25) is 0 Å². The number of aliphatic carboxylic acids is 1. The molecule has 0 fully saturated rings. The van der Waals surface area contributed by atoms with E-state index < -0.39 is 18.0 Å². The van der Waals surface area contributed by atoms with Gasteiger partial charge in [0.25, 0.3) is 0 Å². The normalized spacial score (nSPS) is 12.0. The van der Waals surface area contributed by atoms with E-state index in [1.807, 2.05) is 6.92 Å². The molecule has 0 unspecified atom stereocenters. The van der Waals surface area contributed by atoms with Crippen LogP contribution < -0.4 is 20.7 Å². The number of rotatable bonds is 41. The molecule has 0 aliphatic carbocycles. The van der Waals surface area contributed by atoms with E-state index >= 15 is 0 Å². The molecule has 61 heavy (non-hydrogen) atoms. The van der Waals surface area contributed by atoms with Gasteiger partial charge in [0.1, 0.15) is 36.6 Å². The molecular weight excluding hydrogens is 794 g/mol. The molecule has 2 atom stereocenters. The summed E-state index contributed by atoms with van der Waals surface area (Å²) in [6.07, 6.45) is 10.7. The predicted molar refractivity (Wildman–Crippen MR) is 226 cm³/mol. The number of unbranched alkanes of at least 4 members (excludes halogenated alkanes) is 7. The third-order valence-corrected chi connectivity index (χ3v) is 9.66. The number of benzene rings is 1. The first-order chi connectivity index (χ1) is 29.4. The van der Waals surface area contributed by atoms with E-state index in [2.05, 4.69) is 16.0 Å². The summed E-state index contributed by atoms with van der Waals surface area (Å²) in [4.78, 5) is 82.4. The lowest BCUT2D eigenvalue weighted by molar-refractivity contribution is -0.142. The minimum Gasteiger partial charge on any atom is -0.494 e. The molecule has 0 bridgehead atoms. The van der Waals surface area contributed by atoms with Crippen LogP contribution in [0.25, 0.3) is 0 Å². The Morgan fingerprint density at radius 1 is 0.574 bits per heavy atom. The van der Waals surface area contributed by atoms with Crippen molar-refractivity contribution in [3.63, 3.8) is 0 Å². The average molecular weight is 866 g/mol. The quantitative estimate of drug-likeness (QED) is 0.0563. The summed E-state index contributed by atoms with van der Waals surface area (Å²) in [5.41, 5.74) is 0.217. The number of ether oxygens (including phenoxy) is 5. The van der Waals surface area contributed by atoms with Gasteiger partial charge in [-0.05, 0) is 76.1 Å². The van der Waals surface area contributed by atoms with Crippen molar-refractivity contribution in [3.05, 3.63) is 29.8 Å². The number of ketones is 2. The molecule has 0 heterocycles. The molecule has 3 amide bonds. The molecular formula is C44H71N3O14. The summed E-state index contributed by atoms with van der Waals surface area (Å²) < 4.78 is 27.1. The van der Waals surface area contributed by atoms with Crippen LogP contribution in [0.1, 0.15) is 127 Å². The maximum Gasteiger partial charge on any atom is 0.335 e. The molecule has 0 aliphatic heterocycles. The molecule has 0 saturated carbocycles. The van der Waals surface area contributed by atoms with Crippen molar-refractivity contribution >= 4 is 41.2 Å². The summed E-state index contributed by atoms with van der Waals surface area (Å²) in [6, 6.07) is 5.18. The van der Waals surface area contributed by atoms with E-state index in [0.29, 0.717) is 38.3 Å². The van der Waals surface area contributed by atoms with Crippen LogP contribution >= 0.6 is 0 Å². The van der Waals surface area contributed by atoms with Crippen molar-refractivity contribution in [2.24, 2.45) is 5.92 Å². The number of hydrogen-bond donors (Lipinski definition) is 5. The Balaban J connectivity index is 1.93. The Morgan fingerprint density at radius 3 is 1.77 bits per heavy atom. The van der Waals surface area contributed by atoms with Crippen molar-refractivity contribution in [1.29, 1.82) is 0 Å². The van der Waals surface area contributed by atoms with Gasteiger partial charge in [-0.1, -0.05) is 45.4 Å². The fourth-order valence-electron chi connectivity index (χ4n) is 6.05. The highest BCUT2D eigenvalue weighted by Gasteiger charge is 2.21. The van der Waals surface area contributed by atoms with Gasteiger partial charge in [-0.25, -0.2) is 9.59 Å². The number of carbonyl (C=O) groups excluding carboxylic acids is 5. The molecule has 1 aromatic rings. The van der Waals surface area contributed by atoms with Crippen LogP contribution in [-0.2, 0) is 47.7 Å². The summed E-state index contributed by atoms with van der Waals surface area (Å²) in [5, 5.41) is 26.5. The molecule has 17 nitrogen and oxygen atoms in total. The summed E-state index contributed by atoms with van der Waals surface area (Å²) >= 11 is 0. The Kier molecular flexibility index (Phi) is 32.4. The van der Waals surface area contributed by atoms with Gasteiger partial charge in [0, 0.05) is 44.9 Å². The predicted octanol–water partition coefficient (Wildman–Crippen LogP) is 4.67. The first-order valence-corrected chi connectivity index (χ1v) is 21.8. The molecule has 0 saturated heterocycles. The largest absolute Gasteiger partial charge is 0.494 e. The van der Waals surface area contributed by atoms with E-state index in [0.717, 1.165) is 64.2 Å². The zero-order valence-electron chi connectivity index (χ0n) is 36.3. The monoisotopic (exact) mass is 865 g/mol. The van der Waals surface area contributed by atoms with Gasteiger partial charge in [0.15, 0.2) is 0 Å². The minimum atomic E-state index is -1.18. The number of carboxylic acids is 2. The lowest BCUT2D eigenvalue weighted by Gasteiger charge is -2.14. The first-order valence-electron chi connectivity index (χ1n) is 21.8. The van der Waals surface area contributed by atoms with Gasteiger partial charge in [-0.3, -0.25) is 24.0 Å². The van der Waals surface area contributed by atoms with Crippen LogP contribution in [0.5, 0.6) is 5.75 Å². The molecule has 17 heteroatoms. The Labute approximate surface area is 360 Å². The lowest BCUT2D eigenvalue weighted by Crippen LogP contribution is -2.41. The standard InChI is InChI=1S/C44H71N3O14/c1-3-35(34(2)48)14-10-11-23-45-41(51)32-60-31-29-58-27-24-46-42(52)33-59-30-28-57-25-13-15-37(49)19-22-39(44(55)56)47-40(50)16-9-7-5-4-6-8-12-26-61-38-20-17-36(18-21-38)43(53)54/h17-18,20-21,35,39H,3-16,19,22-33H2,1-2H3,(H,45,51)(H,46,52)(H,47,50)(H,53,54)(H,55,56)/t35-,39-/m0/s1. The summed E-state index contributed by atoms with van der Waals surface area (Å²) in [5.74, 6) is -2.18. The second-order valence-electron chi connectivity index (χ2n) is 14.8. The minimum absolute atomic E-state index is 0.0148. The van der Waals surface area contributed by atoms with Crippen LogP contribution in [0, 0.1) is 5.92 Å². The molecule has 5 N–H and O–H groups in total. The summed E-state index contributed by atoms with van der Waals surface area (Å²) in [7, 11) is 0. The van der Waals surface area contributed by atoms with Crippen molar-refractivity contribution in [1.82, 2.24) is 16.0 Å². The summed E-state index contributed by atoms with van der Waals surface area (Å²) in [6.45, 7) is 6.30. The van der Waals surface area contributed by atoms with Gasteiger partial charge < -0.3 is 49.8 Å². The van der Waals surface area contributed by atoms with Crippen molar-refractivity contribution < 1.29 is 67.5 Å². The maximum atomic E-state index is 12.3. The van der Waals surface area contributed by atoms with E-state index in [1.165, 1.54) is 12.1 Å². The molecule has 1 aromatic carbocycles. The third kappa shape index (κ3) is 31.1. The zero-order valence-corrected chi connectivity index (χ0v) is 36.3. The van der Waals surface area contributed by atoms with Crippen molar-refractivity contribution in [3.8, 4) is 5.75 Å². The number of carboxylic acid groups (broad SMARTS) is 2. The van der Waals surface area contributed by atoms with Crippen LogP contribution in [-0.4, -0.2) is 130 Å². The van der Waals surface area contributed by atoms with E-state index in [9.17, 15) is 38.7 Å². The van der Waals surface area contributed by atoms with Crippen LogP contribution in [0.4, 0.5) is 0 Å². The number of amides is 3. The SMILES string of the molecule is CC[C@@H](CCCCNC(=O)COCCOCCNC(=O)COCCOCCCC(=O)CC[C@H](NC(=O)CCCCCCCCCOc1ccc(C(=O)O)cc1)C(=O)O)C(C)=O. The van der Waals surface area contributed by atoms with Crippen molar-refractivity contribution in [2.75, 3.05) is 72.6 Å². The molecule has 0 spiro atoms. The van der Waals surface area contributed by atoms with Crippen LogP contribution in [0.3, 0.4) is 0 Å². The van der Waals surface area contributed by atoms with Gasteiger partial charge in [-0.2, -0.15) is 0 Å². The highest BCUT2D eigenvalue weighted by atomic mass is 16.5. The fraction of sp³-hybridized carbons (Fsp3) is 0.705. The highest BCUT2D eigenvalue weighted by molar-refractivity contribution is 5.87. The van der Waals surface area contributed by atoms with Gasteiger partial charge in [-0.15, -0.1) is 0 Å². The van der Waals surface area contributed by atoms with Gasteiger partial charge in [0.2, 0.25) is 17.7 Å². The van der Waals surface area contributed by atoms with E-state index in [1.54, 1.807) is 19.1 Å². The molecule has 346 valence electrons. The zero-order chi connectivity index (χ0) is 44.9. The van der Waals surface area contributed by atoms with Gasteiger partial charge in [0.05, 0.1) is 45.2 Å². The average Bonchev–Trinajstić information content (AvgIpc) is 3.23. The second kappa shape index (κ2) is 36.2. The number of carbonyl (C=O) groups is 7. The van der Waals surface area contributed by atoms with Gasteiger partial charge >= 0.3 is 11.9 Å². The molecule has 0 radical (unpaired) electrons. The first kappa shape index (κ1) is 54.6. The topological polar surface area (TPSA) is 242 Å². The Morgan fingerprint density at radius 2 is 1.16 bits per heavy atom. The van der Waals surface area contributed by atoms with Crippen LogP contribution in [0.15, 0.2) is 24.3 Å². The lowest BCUT2D eigenvalue weighted by atomic mass is 9.95. The van der Waals surface area contributed by atoms with E-state index in [4.69, 9.17) is 28.8 Å². The van der Waals surface area contributed by atoms with Crippen molar-refractivity contribution in [2.45, 2.75) is 123 Å². The fourth-order valence-corrected chi connectivity index (χ4v) is 6.05. The molecule has 0 aromatic heterocycles. The number of Topliss-reactive ketones (excluding diaryl/α,β-unsaturated/α-hetero) is 2. The smallest absolute Gasteiger partial charge is 0.335 e. The number of nitrogens with one attached hydrogen (secondary N) is 3. The number of hydrogen-bond acceptors (Lipinski definition) is 12. The second-order valence-corrected chi connectivity index (χ2v) is 14.8. The highest BCUT2D eigenvalue weighted by Crippen LogP contribution is 2.15.